The van der Waals surface area contributed by atoms with Gasteiger partial charge in [-0.3, -0.25) is 0 Å². The highest BCUT2D eigenvalue weighted by Crippen LogP contribution is 2.05. The fraction of sp³-hybridized carbons (Fsp3) is 0. The summed E-state index contributed by atoms with van der Waals surface area (Å²) < 4.78 is 5.08. The van der Waals surface area contributed by atoms with Crippen LogP contribution in [0.4, 0.5) is 5.69 Å². The Hall–Kier alpha value is -2.14. The van der Waals surface area contributed by atoms with Crippen LogP contribution >= 0.6 is 0 Å². The van der Waals surface area contributed by atoms with E-state index in [2.05, 4.69) is 11.8 Å². The predicted molar refractivity (Wildman–Crippen MR) is 55.5 cm³/mol. The molecule has 14 heavy (non-hydrogen) atoms. The van der Waals surface area contributed by atoms with Gasteiger partial charge in [-0.25, -0.2) is 0 Å². The lowest BCUT2D eigenvalue weighted by molar-refractivity contribution is 0.554. The predicted octanol–water partition coefficient (Wildman–Crippen LogP) is 2.26. The molecule has 1 aromatic carbocycles. The van der Waals surface area contributed by atoms with Gasteiger partial charge in [0, 0.05) is 11.3 Å². The number of rotatable bonds is 0. The van der Waals surface area contributed by atoms with Crippen LogP contribution in [-0.2, 0) is 0 Å². The number of benzene rings is 1. The minimum absolute atomic E-state index is 0.660. The van der Waals surface area contributed by atoms with Crippen molar-refractivity contribution in [3.8, 4) is 11.8 Å². The Morgan fingerprint density at radius 3 is 2.71 bits per heavy atom. The van der Waals surface area contributed by atoms with Gasteiger partial charge in [-0.2, -0.15) is 0 Å². The number of nitrogen functional groups attached to an aromatic ring is 1. The molecule has 0 fully saturated rings. The monoisotopic (exact) mass is 183 g/mol. The molecular weight excluding hydrogens is 174 g/mol. The summed E-state index contributed by atoms with van der Waals surface area (Å²) in [5.74, 6) is 6.52. The summed E-state index contributed by atoms with van der Waals surface area (Å²) in [5, 5.41) is 0. The number of nitrogens with two attached hydrogens (primary N) is 1. The van der Waals surface area contributed by atoms with Crippen LogP contribution in [0, 0.1) is 11.8 Å². The molecular formula is C12H9NO. The molecule has 0 unspecified atom stereocenters. The molecule has 0 aliphatic carbocycles. The first kappa shape index (κ1) is 8.46. The van der Waals surface area contributed by atoms with E-state index in [-0.39, 0.29) is 0 Å². The minimum atomic E-state index is 0.660. The normalized spacial score (nSPS) is 9.14. The first-order chi connectivity index (χ1) is 6.84. The van der Waals surface area contributed by atoms with Crippen LogP contribution in [0.15, 0.2) is 47.1 Å². The molecule has 0 radical (unpaired) electrons. The maximum absolute atomic E-state index is 5.62. The van der Waals surface area contributed by atoms with E-state index in [1.165, 1.54) is 0 Å². The Kier molecular flexibility index (Phi) is 2.24. The number of hydrogen-bond donors (Lipinski definition) is 1. The average molecular weight is 183 g/mol. The van der Waals surface area contributed by atoms with Crippen molar-refractivity contribution in [2.75, 3.05) is 5.73 Å². The van der Waals surface area contributed by atoms with Gasteiger partial charge in [0.2, 0.25) is 0 Å². The second kappa shape index (κ2) is 3.71. The van der Waals surface area contributed by atoms with Crippen LogP contribution in [0.5, 0.6) is 0 Å². The van der Waals surface area contributed by atoms with Crippen LogP contribution in [0.3, 0.4) is 0 Å². The molecule has 0 atom stereocenters. The number of furan rings is 1. The molecule has 0 saturated heterocycles. The van der Waals surface area contributed by atoms with E-state index in [0.29, 0.717) is 5.76 Å². The zero-order valence-corrected chi connectivity index (χ0v) is 7.53. The van der Waals surface area contributed by atoms with Crippen molar-refractivity contribution in [1.29, 1.82) is 0 Å². The maximum atomic E-state index is 5.62. The van der Waals surface area contributed by atoms with Gasteiger partial charge in [-0.15, -0.1) is 0 Å². The second-order valence-electron chi connectivity index (χ2n) is 2.85. The Balaban J connectivity index is 2.26. The summed E-state index contributed by atoms with van der Waals surface area (Å²) in [6, 6.07) is 11.1. The molecule has 2 rings (SSSR count). The van der Waals surface area contributed by atoms with Crippen molar-refractivity contribution >= 4 is 5.69 Å². The van der Waals surface area contributed by atoms with Gasteiger partial charge < -0.3 is 10.2 Å². The Morgan fingerprint density at radius 2 is 2.00 bits per heavy atom. The zero-order chi connectivity index (χ0) is 9.80. The molecule has 2 heteroatoms. The molecule has 0 bridgehead atoms. The third-order valence-electron chi connectivity index (χ3n) is 1.74. The lowest BCUT2D eigenvalue weighted by Crippen LogP contribution is -1.84. The van der Waals surface area contributed by atoms with Crippen LogP contribution in [0.25, 0.3) is 0 Å². The van der Waals surface area contributed by atoms with Crippen LogP contribution in [-0.4, -0.2) is 0 Å². The molecule has 0 aliphatic rings. The number of anilines is 1. The molecule has 0 aliphatic heterocycles. The summed E-state index contributed by atoms with van der Waals surface area (Å²) in [6.45, 7) is 0. The Labute approximate surface area is 82.4 Å². The van der Waals surface area contributed by atoms with E-state index in [4.69, 9.17) is 10.2 Å². The molecule has 68 valence electrons. The molecule has 1 aromatic heterocycles. The number of hydrogen-bond acceptors (Lipinski definition) is 2. The van der Waals surface area contributed by atoms with Gasteiger partial charge in [0.1, 0.15) is 0 Å². The van der Waals surface area contributed by atoms with Gasteiger partial charge in [0.25, 0.3) is 0 Å². The average Bonchev–Trinajstić information content (AvgIpc) is 2.67. The second-order valence-corrected chi connectivity index (χ2v) is 2.85. The summed E-state index contributed by atoms with van der Waals surface area (Å²) in [5.41, 5.74) is 7.23. The first-order valence-corrected chi connectivity index (χ1v) is 4.26. The minimum Gasteiger partial charge on any atom is -0.456 e. The van der Waals surface area contributed by atoms with Gasteiger partial charge in [-0.05, 0) is 36.3 Å². The Bertz CT molecular complexity index is 475. The molecule has 2 aromatic rings. The highest BCUT2D eigenvalue weighted by molar-refractivity contribution is 5.48. The lowest BCUT2D eigenvalue weighted by Gasteiger charge is -1.91. The third kappa shape index (κ3) is 1.96. The highest BCUT2D eigenvalue weighted by atomic mass is 16.3. The highest BCUT2D eigenvalue weighted by Gasteiger charge is 1.89. The molecule has 0 amide bonds. The van der Waals surface area contributed by atoms with Crippen molar-refractivity contribution in [2.24, 2.45) is 0 Å². The zero-order valence-electron chi connectivity index (χ0n) is 7.53. The van der Waals surface area contributed by atoms with Gasteiger partial charge >= 0.3 is 0 Å². The molecule has 0 saturated carbocycles. The van der Waals surface area contributed by atoms with Gasteiger partial charge in [-0.1, -0.05) is 12.0 Å². The first-order valence-electron chi connectivity index (χ1n) is 4.26. The van der Waals surface area contributed by atoms with E-state index in [1.807, 2.05) is 36.4 Å². The largest absolute Gasteiger partial charge is 0.456 e. The van der Waals surface area contributed by atoms with Crippen molar-refractivity contribution in [2.45, 2.75) is 0 Å². The lowest BCUT2D eigenvalue weighted by atomic mass is 10.2. The smallest absolute Gasteiger partial charge is 0.176 e. The van der Waals surface area contributed by atoms with Crippen molar-refractivity contribution in [3.05, 3.63) is 54.0 Å². The van der Waals surface area contributed by atoms with Crippen LogP contribution < -0.4 is 5.73 Å². The van der Waals surface area contributed by atoms with Crippen molar-refractivity contribution in [3.63, 3.8) is 0 Å². The standard InChI is InChI=1S/C12H9NO/c13-11-4-1-3-10(9-11)6-7-12-5-2-8-14-12/h1-5,8-9H,13H2. The van der Waals surface area contributed by atoms with E-state index < -0.39 is 0 Å². The van der Waals surface area contributed by atoms with E-state index in [0.717, 1.165) is 11.3 Å². The summed E-state index contributed by atoms with van der Waals surface area (Å²) in [7, 11) is 0. The summed E-state index contributed by atoms with van der Waals surface area (Å²) >= 11 is 0. The fourth-order valence-electron chi connectivity index (χ4n) is 1.10. The third-order valence-corrected chi connectivity index (χ3v) is 1.74. The molecule has 1 heterocycles. The van der Waals surface area contributed by atoms with Gasteiger partial charge in [0.05, 0.1) is 6.26 Å². The fourth-order valence-corrected chi connectivity index (χ4v) is 1.10. The molecule has 2 N–H and O–H groups in total. The summed E-state index contributed by atoms with van der Waals surface area (Å²) in [6.07, 6.45) is 1.60. The van der Waals surface area contributed by atoms with E-state index in [9.17, 15) is 0 Å². The Morgan fingerprint density at radius 1 is 1.07 bits per heavy atom. The van der Waals surface area contributed by atoms with Crippen LogP contribution in [0.2, 0.25) is 0 Å². The van der Waals surface area contributed by atoms with Crippen LogP contribution in [0.1, 0.15) is 11.3 Å². The summed E-state index contributed by atoms with van der Waals surface area (Å²) in [4.78, 5) is 0. The SMILES string of the molecule is Nc1cccc(C#Cc2ccco2)c1. The van der Waals surface area contributed by atoms with Crippen molar-refractivity contribution in [1.82, 2.24) is 0 Å². The van der Waals surface area contributed by atoms with Crippen molar-refractivity contribution < 1.29 is 4.42 Å². The molecule has 2 nitrogen and oxygen atoms in total. The van der Waals surface area contributed by atoms with E-state index in [1.54, 1.807) is 6.26 Å². The van der Waals surface area contributed by atoms with E-state index >= 15 is 0 Å². The topological polar surface area (TPSA) is 39.2 Å². The van der Waals surface area contributed by atoms with Gasteiger partial charge in [0.15, 0.2) is 5.76 Å². The quantitative estimate of drug-likeness (QED) is 0.502. The molecule has 0 spiro atoms. The maximum Gasteiger partial charge on any atom is 0.176 e.